The van der Waals surface area contributed by atoms with Gasteiger partial charge >= 0.3 is 0 Å². The maximum Gasteiger partial charge on any atom is 0.197 e. The summed E-state index contributed by atoms with van der Waals surface area (Å²) in [5.74, 6) is 0.113. The maximum absolute atomic E-state index is 12.0. The zero-order chi connectivity index (χ0) is 12.3. The average molecular weight is 245 g/mol. The van der Waals surface area contributed by atoms with Crippen molar-refractivity contribution in [3.63, 3.8) is 0 Å². The first-order valence-corrected chi connectivity index (χ1v) is 7.13. The molecule has 0 saturated heterocycles. The first-order chi connectivity index (χ1) is 7.44. The summed E-state index contributed by atoms with van der Waals surface area (Å²) in [6.07, 6.45) is 2.19. The van der Waals surface area contributed by atoms with Gasteiger partial charge < -0.3 is 5.73 Å². The fourth-order valence-electron chi connectivity index (χ4n) is 1.73. The van der Waals surface area contributed by atoms with Crippen LogP contribution in [0.25, 0.3) is 0 Å². The highest BCUT2D eigenvalue weighted by atomic mass is 32.2. The Labute approximate surface area is 96.6 Å². The zero-order valence-electron chi connectivity index (χ0n) is 10.0. The van der Waals surface area contributed by atoms with E-state index in [2.05, 4.69) is 5.10 Å². The molecular weight excluding hydrogens is 226 g/mol. The third-order valence-electron chi connectivity index (χ3n) is 2.36. The Morgan fingerprint density at radius 3 is 2.44 bits per heavy atom. The molecule has 1 aromatic heterocycles. The lowest BCUT2D eigenvalue weighted by Gasteiger charge is -2.03. The molecule has 5 nitrogen and oxygen atoms in total. The standard InChI is InChI=1S/C10H19N3O2S/c1-4-6-8-9(11)10(13(3)12-8)16(14,15)7-5-2/h4-7,11H2,1-3H3. The fourth-order valence-corrected chi connectivity index (χ4v) is 3.36. The lowest BCUT2D eigenvalue weighted by Crippen LogP contribution is -2.12. The van der Waals surface area contributed by atoms with E-state index in [0.717, 1.165) is 6.42 Å². The fraction of sp³-hybridized carbons (Fsp3) is 0.700. The quantitative estimate of drug-likeness (QED) is 0.843. The number of nitrogen functional groups attached to an aromatic ring is 1. The van der Waals surface area contributed by atoms with Crippen LogP contribution in [0.1, 0.15) is 32.4 Å². The molecule has 0 spiro atoms. The second-order valence-corrected chi connectivity index (χ2v) is 5.88. The number of hydrogen-bond acceptors (Lipinski definition) is 4. The summed E-state index contributed by atoms with van der Waals surface area (Å²) in [7, 11) is -1.67. The van der Waals surface area contributed by atoms with Gasteiger partial charge in [-0.25, -0.2) is 8.42 Å². The van der Waals surface area contributed by atoms with Crippen LogP contribution in [0.15, 0.2) is 5.03 Å². The number of nitrogens with two attached hydrogens (primary N) is 1. The number of rotatable bonds is 5. The van der Waals surface area contributed by atoms with Gasteiger partial charge in [-0.3, -0.25) is 4.68 Å². The van der Waals surface area contributed by atoms with Crippen LogP contribution in [0.2, 0.25) is 0 Å². The van der Waals surface area contributed by atoms with Crippen molar-refractivity contribution in [2.24, 2.45) is 7.05 Å². The van der Waals surface area contributed by atoms with Crippen molar-refractivity contribution in [1.29, 1.82) is 0 Å². The Bertz CT molecular complexity index is 463. The summed E-state index contributed by atoms with van der Waals surface area (Å²) in [5.41, 5.74) is 6.84. The zero-order valence-corrected chi connectivity index (χ0v) is 10.8. The molecule has 0 amide bonds. The number of nitrogens with zero attached hydrogens (tertiary/aromatic N) is 2. The van der Waals surface area contributed by atoms with Crippen molar-refractivity contribution >= 4 is 15.5 Å². The van der Waals surface area contributed by atoms with E-state index in [0.29, 0.717) is 24.2 Å². The first-order valence-electron chi connectivity index (χ1n) is 5.48. The van der Waals surface area contributed by atoms with E-state index < -0.39 is 9.84 Å². The highest BCUT2D eigenvalue weighted by Gasteiger charge is 2.24. The van der Waals surface area contributed by atoms with Crippen LogP contribution in [0.4, 0.5) is 5.69 Å². The predicted molar refractivity (Wildman–Crippen MR) is 64.0 cm³/mol. The Balaban J connectivity index is 3.24. The van der Waals surface area contributed by atoms with Crippen LogP contribution in [0, 0.1) is 0 Å². The SMILES string of the molecule is CCCc1nn(C)c(S(=O)(=O)CCC)c1N. The van der Waals surface area contributed by atoms with Gasteiger partial charge in [0.2, 0.25) is 0 Å². The number of hydrogen-bond donors (Lipinski definition) is 1. The van der Waals surface area contributed by atoms with Crippen molar-refractivity contribution in [3.8, 4) is 0 Å². The minimum absolute atomic E-state index is 0.113. The topological polar surface area (TPSA) is 78.0 Å². The monoisotopic (exact) mass is 245 g/mol. The Morgan fingerprint density at radius 1 is 1.31 bits per heavy atom. The molecule has 0 aliphatic carbocycles. The molecule has 1 aromatic rings. The summed E-state index contributed by atoms with van der Waals surface area (Å²) >= 11 is 0. The Morgan fingerprint density at radius 2 is 1.94 bits per heavy atom. The third kappa shape index (κ3) is 2.37. The highest BCUT2D eigenvalue weighted by Crippen LogP contribution is 2.24. The summed E-state index contributed by atoms with van der Waals surface area (Å²) in [6, 6.07) is 0. The van der Waals surface area contributed by atoms with Gasteiger partial charge in [-0.15, -0.1) is 0 Å². The van der Waals surface area contributed by atoms with Gasteiger partial charge in [-0.2, -0.15) is 5.10 Å². The molecule has 0 aliphatic heterocycles. The van der Waals surface area contributed by atoms with Gasteiger partial charge in [0.1, 0.15) is 0 Å². The summed E-state index contributed by atoms with van der Waals surface area (Å²) in [5, 5.41) is 4.33. The molecule has 0 aromatic carbocycles. The molecule has 0 aliphatic rings. The average Bonchev–Trinajstić information content (AvgIpc) is 2.42. The third-order valence-corrected chi connectivity index (χ3v) is 4.38. The van der Waals surface area contributed by atoms with Gasteiger partial charge in [0, 0.05) is 7.05 Å². The second-order valence-electron chi connectivity index (χ2n) is 3.86. The summed E-state index contributed by atoms with van der Waals surface area (Å²) < 4.78 is 25.3. The van der Waals surface area contributed by atoms with Gasteiger partial charge in [0.25, 0.3) is 0 Å². The molecule has 0 saturated carbocycles. The molecule has 0 unspecified atom stereocenters. The van der Waals surface area contributed by atoms with Crippen LogP contribution in [0.3, 0.4) is 0 Å². The number of aryl methyl sites for hydroxylation is 2. The molecule has 1 rings (SSSR count). The maximum atomic E-state index is 12.0. The Kier molecular flexibility index (Phi) is 3.96. The normalized spacial score (nSPS) is 11.9. The van der Waals surface area contributed by atoms with E-state index in [9.17, 15) is 8.42 Å². The second kappa shape index (κ2) is 4.86. The first kappa shape index (κ1) is 13.0. The number of aromatic nitrogens is 2. The van der Waals surface area contributed by atoms with Gasteiger partial charge in [-0.05, 0) is 12.8 Å². The number of sulfone groups is 1. The van der Waals surface area contributed by atoms with Crippen molar-refractivity contribution in [3.05, 3.63) is 5.69 Å². The van der Waals surface area contributed by atoms with Crippen LogP contribution < -0.4 is 5.73 Å². The molecular formula is C10H19N3O2S. The molecule has 6 heteroatoms. The van der Waals surface area contributed by atoms with Gasteiger partial charge in [-0.1, -0.05) is 20.3 Å². The van der Waals surface area contributed by atoms with E-state index in [1.807, 2.05) is 13.8 Å². The van der Waals surface area contributed by atoms with Gasteiger partial charge in [0.15, 0.2) is 14.9 Å². The van der Waals surface area contributed by atoms with Crippen LogP contribution in [0.5, 0.6) is 0 Å². The molecule has 0 bridgehead atoms. The van der Waals surface area contributed by atoms with Crippen molar-refractivity contribution in [2.45, 2.75) is 38.1 Å². The van der Waals surface area contributed by atoms with Crippen molar-refractivity contribution in [1.82, 2.24) is 9.78 Å². The largest absolute Gasteiger partial charge is 0.395 e. The minimum atomic E-state index is -3.29. The summed E-state index contributed by atoms with van der Waals surface area (Å²) in [4.78, 5) is 0. The minimum Gasteiger partial charge on any atom is -0.395 e. The molecule has 0 fully saturated rings. The van der Waals surface area contributed by atoms with Crippen LogP contribution in [-0.4, -0.2) is 24.0 Å². The van der Waals surface area contributed by atoms with Crippen LogP contribution >= 0.6 is 0 Å². The van der Waals surface area contributed by atoms with Crippen molar-refractivity contribution < 1.29 is 8.42 Å². The number of anilines is 1. The summed E-state index contributed by atoms with van der Waals surface area (Å²) in [6.45, 7) is 3.84. The van der Waals surface area contributed by atoms with E-state index in [1.54, 1.807) is 7.05 Å². The lowest BCUT2D eigenvalue weighted by atomic mass is 10.2. The highest BCUT2D eigenvalue weighted by molar-refractivity contribution is 7.91. The van der Waals surface area contributed by atoms with E-state index >= 15 is 0 Å². The smallest absolute Gasteiger partial charge is 0.197 e. The van der Waals surface area contributed by atoms with Crippen molar-refractivity contribution in [2.75, 3.05) is 11.5 Å². The molecule has 1 heterocycles. The predicted octanol–water partition coefficient (Wildman–Crippen LogP) is 1.14. The van der Waals surface area contributed by atoms with Gasteiger partial charge in [0.05, 0.1) is 17.1 Å². The molecule has 0 radical (unpaired) electrons. The van der Waals surface area contributed by atoms with E-state index in [4.69, 9.17) is 5.73 Å². The molecule has 0 atom stereocenters. The van der Waals surface area contributed by atoms with E-state index in [-0.39, 0.29) is 10.8 Å². The molecule has 92 valence electrons. The van der Waals surface area contributed by atoms with E-state index in [1.165, 1.54) is 4.68 Å². The molecule has 16 heavy (non-hydrogen) atoms. The Hall–Kier alpha value is -1.04. The van der Waals surface area contributed by atoms with Crippen LogP contribution in [-0.2, 0) is 23.3 Å². The lowest BCUT2D eigenvalue weighted by molar-refractivity contribution is 0.575. The molecule has 2 N–H and O–H groups in total.